The van der Waals surface area contributed by atoms with Crippen LogP contribution in [-0.2, 0) is 23.2 Å². The summed E-state index contributed by atoms with van der Waals surface area (Å²) in [4.78, 5) is 25.8. The fourth-order valence-corrected chi connectivity index (χ4v) is 3.76. The molecular formula is C20H23N3O6S. The normalized spacial score (nSPS) is 14.4. The number of nitrogens with two attached hydrogens (primary N) is 1. The standard InChI is InChI=1S/C20H23N3O6S/c1-20(2)12-15-10-7-11-16(17(15)29-20)28-19(25)22(3)18(24)23(30(21,26)27)13-14-8-5-4-6-9-14/h4-11H,12-13H2,1-3H3,(H2,21,26,27). The first-order chi connectivity index (χ1) is 14.0. The number of carbonyl (C=O) groups is 2. The third-order valence-electron chi connectivity index (χ3n) is 4.50. The van der Waals surface area contributed by atoms with Crippen LogP contribution in [0.5, 0.6) is 11.5 Å². The maximum absolute atomic E-state index is 12.7. The fraction of sp³-hybridized carbons (Fsp3) is 0.300. The molecule has 9 nitrogen and oxygen atoms in total. The van der Waals surface area contributed by atoms with Crippen molar-refractivity contribution >= 4 is 22.3 Å². The minimum absolute atomic E-state index is 0.146. The smallest absolute Gasteiger partial charge is 0.423 e. The van der Waals surface area contributed by atoms with E-state index in [0.717, 1.165) is 12.6 Å². The van der Waals surface area contributed by atoms with Crippen molar-refractivity contribution in [3.05, 3.63) is 59.7 Å². The Morgan fingerprint density at radius 3 is 2.43 bits per heavy atom. The van der Waals surface area contributed by atoms with Crippen LogP contribution in [0.2, 0.25) is 0 Å². The SMILES string of the molecule is CN(C(=O)Oc1cccc2c1OC(C)(C)C2)C(=O)N(Cc1ccccc1)S(N)(=O)=O. The number of urea groups is 1. The highest BCUT2D eigenvalue weighted by Crippen LogP contribution is 2.41. The van der Waals surface area contributed by atoms with E-state index in [9.17, 15) is 18.0 Å². The van der Waals surface area contributed by atoms with E-state index in [1.165, 1.54) is 6.07 Å². The third-order valence-corrected chi connectivity index (χ3v) is 5.40. The molecule has 0 spiro atoms. The number of carbonyl (C=O) groups excluding carboxylic acids is 2. The van der Waals surface area contributed by atoms with Crippen molar-refractivity contribution < 1.29 is 27.5 Å². The second-order valence-corrected chi connectivity index (χ2v) is 9.00. The molecule has 0 aromatic heterocycles. The molecule has 1 heterocycles. The molecule has 3 rings (SSSR count). The summed E-state index contributed by atoms with van der Waals surface area (Å²) in [5, 5.41) is 5.20. The van der Waals surface area contributed by atoms with Gasteiger partial charge in [0, 0.05) is 19.0 Å². The molecule has 2 aromatic carbocycles. The molecule has 0 fully saturated rings. The van der Waals surface area contributed by atoms with Gasteiger partial charge in [-0.1, -0.05) is 42.5 Å². The number of imide groups is 1. The molecule has 0 saturated carbocycles. The molecule has 160 valence electrons. The predicted molar refractivity (Wildman–Crippen MR) is 109 cm³/mol. The van der Waals surface area contributed by atoms with E-state index >= 15 is 0 Å². The maximum Gasteiger partial charge on any atom is 0.423 e. The molecule has 0 aliphatic carbocycles. The van der Waals surface area contributed by atoms with Gasteiger partial charge in [-0.25, -0.2) is 23.9 Å². The predicted octanol–water partition coefficient (Wildman–Crippen LogP) is 2.66. The maximum atomic E-state index is 12.7. The molecular weight excluding hydrogens is 410 g/mol. The summed E-state index contributed by atoms with van der Waals surface area (Å²) < 4.78 is 35.5. The second-order valence-electron chi connectivity index (χ2n) is 7.53. The summed E-state index contributed by atoms with van der Waals surface area (Å²) in [6.07, 6.45) is -0.429. The van der Waals surface area contributed by atoms with Crippen molar-refractivity contribution in [2.75, 3.05) is 7.05 Å². The van der Waals surface area contributed by atoms with Crippen LogP contribution >= 0.6 is 0 Å². The van der Waals surface area contributed by atoms with Crippen LogP contribution in [-0.4, -0.2) is 42.4 Å². The molecule has 10 heteroatoms. The van der Waals surface area contributed by atoms with Crippen LogP contribution in [0, 0.1) is 0 Å². The first-order valence-electron chi connectivity index (χ1n) is 9.13. The lowest BCUT2D eigenvalue weighted by Crippen LogP contribution is -2.49. The van der Waals surface area contributed by atoms with Crippen LogP contribution < -0.4 is 14.6 Å². The van der Waals surface area contributed by atoms with Crippen LogP contribution in [0.4, 0.5) is 9.59 Å². The molecule has 0 bridgehead atoms. The summed E-state index contributed by atoms with van der Waals surface area (Å²) in [6.45, 7) is 3.48. The largest absolute Gasteiger partial charge is 0.483 e. The highest BCUT2D eigenvalue weighted by Gasteiger charge is 2.35. The number of hydrogen-bond donors (Lipinski definition) is 1. The first kappa shape index (κ1) is 21.6. The van der Waals surface area contributed by atoms with Gasteiger partial charge in [0.15, 0.2) is 11.5 Å². The lowest BCUT2D eigenvalue weighted by atomic mass is 10.0. The molecule has 1 aliphatic heterocycles. The topological polar surface area (TPSA) is 119 Å². The van der Waals surface area contributed by atoms with Gasteiger partial charge in [0.2, 0.25) is 0 Å². The van der Waals surface area contributed by atoms with Crippen molar-refractivity contribution in [2.24, 2.45) is 5.14 Å². The zero-order chi connectivity index (χ0) is 22.1. The average molecular weight is 433 g/mol. The van der Waals surface area contributed by atoms with Crippen LogP contribution in [0.3, 0.4) is 0 Å². The van der Waals surface area contributed by atoms with Crippen molar-refractivity contribution in [1.82, 2.24) is 9.21 Å². The van der Waals surface area contributed by atoms with Gasteiger partial charge in [-0.3, -0.25) is 0 Å². The number of para-hydroxylation sites is 1. The van der Waals surface area contributed by atoms with Gasteiger partial charge in [0.05, 0.1) is 6.54 Å². The zero-order valence-electron chi connectivity index (χ0n) is 16.9. The quantitative estimate of drug-likeness (QED) is 0.792. The number of amides is 3. The van der Waals surface area contributed by atoms with Gasteiger partial charge >= 0.3 is 22.3 Å². The summed E-state index contributed by atoms with van der Waals surface area (Å²) in [6, 6.07) is 12.4. The summed E-state index contributed by atoms with van der Waals surface area (Å²) in [5.41, 5.74) is 0.944. The summed E-state index contributed by atoms with van der Waals surface area (Å²) in [5.74, 6) is 0.567. The van der Waals surface area contributed by atoms with E-state index in [2.05, 4.69) is 0 Å². The Hall–Kier alpha value is -3.11. The van der Waals surface area contributed by atoms with E-state index in [1.807, 2.05) is 19.9 Å². The monoisotopic (exact) mass is 433 g/mol. The van der Waals surface area contributed by atoms with Crippen molar-refractivity contribution in [3.8, 4) is 11.5 Å². The van der Waals surface area contributed by atoms with Gasteiger partial charge in [-0.05, 0) is 25.5 Å². The number of nitrogens with zero attached hydrogens (tertiary/aromatic N) is 2. The number of rotatable bonds is 4. The minimum Gasteiger partial charge on any atom is -0.483 e. The second kappa shape index (κ2) is 7.96. The van der Waals surface area contributed by atoms with E-state index in [0.29, 0.717) is 26.9 Å². The molecule has 2 aromatic rings. The lowest BCUT2D eigenvalue weighted by molar-refractivity contribution is 0.128. The number of fused-ring (bicyclic) bond motifs is 1. The summed E-state index contributed by atoms with van der Waals surface area (Å²) >= 11 is 0. The van der Waals surface area contributed by atoms with Gasteiger partial charge in [-0.15, -0.1) is 0 Å². The van der Waals surface area contributed by atoms with E-state index < -0.39 is 27.9 Å². The highest BCUT2D eigenvalue weighted by atomic mass is 32.2. The van der Waals surface area contributed by atoms with Gasteiger partial charge in [-0.2, -0.15) is 8.42 Å². The fourth-order valence-electron chi connectivity index (χ4n) is 3.09. The Balaban J connectivity index is 1.78. The molecule has 1 aliphatic rings. The van der Waals surface area contributed by atoms with E-state index in [1.54, 1.807) is 36.4 Å². The van der Waals surface area contributed by atoms with Crippen LogP contribution in [0.25, 0.3) is 0 Å². The van der Waals surface area contributed by atoms with Crippen molar-refractivity contribution in [1.29, 1.82) is 0 Å². The minimum atomic E-state index is -4.43. The molecule has 0 radical (unpaired) electrons. The van der Waals surface area contributed by atoms with Crippen molar-refractivity contribution in [3.63, 3.8) is 0 Å². The van der Waals surface area contributed by atoms with E-state index in [-0.39, 0.29) is 12.3 Å². The third kappa shape index (κ3) is 4.71. The van der Waals surface area contributed by atoms with Gasteiger partial charge in [0.1, 0.15) is 5.60 Å². The average Bonchev–Trinajstić information content (AvgIpc) is 3.00. The number of ether oxygens (including phenoxy) is 2. The Bertz CT molecular complexity index is 1070. The Kier molecular flexibility index (Phi) is 5.73. The zero-order valence-corrected chi connectivity index (χ0v) is 17.7. The lowest BCUT2D eigenvalue weighted by Gasteiger charge is -2.25. The number of benzene rings is 2. The van der Waals surface area contributed by atoms with Gasteiger partial charge < -0.3 is 9.47 Å². The highest BCUT2D eigenvalue weighted by molar-refractivity contribution is 7.87. The number of hydrogen-bond acceptors (Lipinski definition) is 6. The Morgan fingerprint density at radius 1 is 1.13 bits per heavy atom. The molecule has 30 heavy (non-hydrogen) atoms. The Labute approximate surface area is 175 Å². The van der Waals surface area contributed by atoms with Crippen LogP contribution in [0.15, 0.2) is 48.5 Å². The molecule has 0 unspecified atom stereocenters. The summed E-state index contributed by atoms with van der Waals surface area (Å²) in [7, 11) is -3.32. The van der Waals surface area contributed by atoms with Gasteiger partial charge in [0.25, 0.3) is 0 Å². The van der Waals surface area contributed by atoms with Crippen molar-refractivity contribution in [2.45, 2.75) is 32.4 Å². The molecule has 0 saturated heterocycles. The first-order valence-corrected chi connectivity index (χ1v) is 10.6. The molecule has 3 amide bonds. The molecule has 2 N–H and O–H groups in total. The van der Waals surface area contributed by atoms with Crippen LogP contribution in [0.1, 0.15) is 25.0 Å². The van der Waals surface area contributed by atoms with E-state index in [4.69, 9.17) is 14.6 Å². The molecule has 0 atom stereocenters. The Morgan fingerprint density at radius 2 is 1.80 bits per heavy atom.